The number of piperidine rings is 1. The Kier molecular flexibility index (Phi) is 5.83. The number of carbonyl (C=O) groups excluding carboxylic acids is 1. The van der Waals surface area contributed by atoms with Gasteiger partial charge < -0.3 is 18.9 Å². The van der Waals surface area contributed by atoms with Crippen molar-refractivity contribution in [3.8, 4) is 0 Å². The molecule has 1 aromatic rings. The van der Waals surface area contributed by atoms with Gasteiger partial charge in [-0.2, -0.15) is 0 Å². The molecule has 0 atom stereocenters. The van der Waals surface area contributed by atoms with Crippen LogP contribution in [0.25, 0.3) is 0 Å². The fourth-order valence-electron chi connectivity index (χ4n) is 3.92. The molecular formula is C23H36BNO4. The molecule has 2 saturated heterocycles. The zero-order valence-electron chi connectivity index (χ0n) is 19.3. The third-order valence-corrected chi connectivity index (χ3v) is 6.27. The minimum atomic E-state index is -0.456. The summed E-state index contributed by atoms with van der Waals surface area (Å²) in [6.07, 6.45) is 1.66. The van der Waals surface area contributed by atoms with Crippen LogP contribution in [-0.4, -0.2) is 48.0 Å². The van der Waals surface area contributed by atoms with Crippen LogP contribution in [0.3, 0.4) is 0 Å². The van der Waals surface area contributed by atoms with Crippen LogP contribution in [0.15, 0.2) is 18.2 Å². The molecule has 0 N–H and O–H groups in total. The standard InChI is InChI=1S/C23H36BNO4/c1-16-13-18(15-19(14-16)24-28-22(5,6)23(7,8)29-24)17-9-11-25(12-10-17)20(26)27-21(2,3)4/h13-15,17H,9-12H2,1-8H3. The molecule has 1 aromatic carbocycles. The molecule has 0 aliphatic carbocycles. The van der Waals surface area contributed by atoms with Crippen molar-refractivity contribution in [2.24, 2.45) is 0 Å². The van der Waals surface area contributed by atoms with Crippen molar-refractivity contribution in [3.63, 3.8) is 0 Å². The van der Waals surface area contributed by atoms with Crippen LogP contribution in [0.5, 0.6) is 0 Å². The maximum Gasteiger partial charge on any atom is 0.494 e. The van der Waals surface area contributed by atoms with Gasteiger partial charge in [0, 0.05) is 13.1 Å². The topological polar surface area (TPSA) is 48.0 Å². The molecule has 2 aliphatic heterocycles. The third kappa shape index (κ3) is 4.97. The van der Waals surface area contributed by atoms with Crippen molar-refractivity contribution < 1.29 is 18.8 Å². The van der Waals surface area contributed by atoms with Crippen molar-refractivity contribution in [3.05, 3.63) is 29.3 Å². The van der Waals surface area contributed by atoms with Crippen molar-refractivity contribution in [2.75, 3.05) is 13.1 Å². The van der Waals surface area contributed by atoms with Gasteiger partial charge in [0.25, 0.3) is 0 Å². The predicted octanol–water partition coefficient (Wildman–Crippen LogP) is 4.41. The number of rotatable bonds is 2. The average Bonchev–Trinajstić information content (AvgIpc) is 2.81. The summed E-state index contributed by atoms with van der Waals surface area (Å²) in [5.41, 5.74) is 2.44. The van der Waals surface area contributed by atoms with E-state index in [1.165, 1.54) is 11.1 Å². The smallest absolute Gasteiger partial charge is 0.444 e. The lowest BCUT2D eigenvalue weighted by atomic mass is 9.75. The Hall–Kier alpha value is -1.53. The number of hydrogen-bond donors (Lipinski definition) is 0. The minimum Gasteiger partial charge on any atom is -0.444 e. The first-order chi connectivity index (χ1) is 13.3. The van der Waals surface area contributed by atoms with Gasteiger partial charge in [0.05, 0.1) is 11.2 Å². The number of likely N-dealkylation sites (tertiary alicyclic amines) is 1. The molecule has 0 spiro atoms. The van der Waals surface area contributed by atoms with E-state index >= 15 is 0 Å². The Labute approximate surface area is 176 Å². The van der Waals surface area contributed by atoms with Crippen LogP contribution in [0.1, 0.15) is 78.4 Å². The Bertz CT molecular complexity index is 745. The first-order valence-corrected chi connectivity index (χ1v) is 10.7. The summed E-state index contributed by atoms with van der Waals surface area (Å²) in [6, 6.07) is 6.63. The number of nitrogens with zero attached hydrogens (tertiary/aromatic N) is 1. The van der Waals surface area contributed by atoms with Crippen molar-refractivity contribution in [1.82, 2.24) is 4.90 Å². The zero-order valence-corrected chi connectivity index (χ0v) is 19.3. The number of aryl methyl sites for hydroxylation is 1. The van der Waals surface area contributed by atoms with E-state index < -0.39 is 5.60 Å². The summed E-state index contributed by atoms with van der Waals surface area (Å²) in [6.45, 7) is 17.6. The van der Waals surface area contributed by atoms with E-state index in [-0.39, 0.29) is 24.4 Å². The average molecular weight is 401 g/mol. The molecule has 0 aromatic heterocycles. The summed E-state index contributed by atoms with van der Waals surface area (Å²) in [4.78, 5) is 14.2. The molecule has 6 heteroatoms. The highest BCUT2D eigenvalue weighted by Gasteiger charge is 2.51. The molecule has 3 rings (SSSR count). The molecule has 2 aliphatic rings. The molecule has 2 heterocycles. The lowest BCUT2D eigenvalue weighted by Gasteiger charge is -2.34. The van der Waals surface area contributed by atoms with Crippen molar-refractivity contribution in [2.45, 2.75) is 91.0 Å². The first-order valence-electron chi connectivity index (χ1n) is 10.7. The first kappa shape index (κ1) is 22.2. The molecule has 0 radical (unpaired) electrons. The highest BCUT2D eigenvalue weighted by Crippen LogP contribution is 2.37. The van der Waals surface area contributed by atoms with Gasteiger partial charge in [-0.15, -0.1) is 0 Å². The van der Waals surface area contributed by atoms with Gasteiger partial charge in [-0.1, -0.05) is 23.8 Å². The third-order valence-electron chi connectivity index (χ3n) is 6.27. The summed E-state index contributed by atoms with van der Waals surface area (Å²) in [5.74, 6) is 0.426. The quantitative estimate of drug-likeness (QED) is 0.689. The maximum atomic E-state index is 12.3. The van der Waals surface area contributed by atoms with Gasteiger partial charge in [0.1, 0.15) is 5.60 Å². The van der Waals surface area contributed by atoms with E-state index in [1.807, 2.05) is 25.7 Å². The van der Waals surface area contributed by atoms with E-state index in [0.717, 1.165) is 31.4 Å². The molecule has 1 amide bonds. The molecule has 5 nitrogen and oxygen atoms in total. The second-order valence-corrected chi connectivity index (χ2v) is 10.5. The van der Waals surface area contributed by atoms with Crippen LogP contribution in [0.2, 0.25) is 0 Å². The Morgan fingerprint density at radius 1 is 1.07 bits per heavy atom. The second-order valence-electron chi connectivity index (χ2n) is 10.5. The molecule has 29 heavy (non-hydrogen) atoms. The number of amides is 1. The molecular weight excluding hydrogens is 365 g/mol. The van der Waals surface area contributed by atoms with Crippen LogP contribution in [-0.2, 0) is 14.0 Å². The number of benzene rings is 1. The zero-order chi connectivity index (χ0) is 21.6. The second kappa shape index (κ2) is 7.62. The Balaban J connectivity index is 1.70. The highest BCUT2D eigenvalue weighted by molar-refractivity contribution is 6.62. The molecule has 0 unspecified atom stereocenters. The van der Waals surface area contributed by atoms with Gasteiger partial charge in [-0.05, 0) is 85.2 Å². The van der Waals surface area contributed by atoms with E-state index in [2.05, 4.69) is 52.8 Å². The number of ether oxygens (including phenoxy) is 1. The molecule has 2 fully saturated rings. The lowest BCUT2D eigenvalue weighted by molar-refractivity contribution is 0.00578. The SMILES string of the molecule is Cc1cc(B2OC(C)(C)C(C)(C)O2)cc(C2CCN(C(=O)OC(C)(C)C)CC2)c1. The van der Waals surface area contributed by atoms with Gasteiger partial charge in [0.15, 0.2) is 0 Å². The molecule has 0 saturated carbocycles. The largest absolute Gasteiger partial charge is 0.494 e. The van der Waals surface area contributed by atoms with Gasteiger partial charge in [0.2, 0.25) is 0 Å². The highest BCUT2D eigenvalue weighted by atomic mass is 16.7. The van der Waals surface area contributed by atoms with Gasteiger partial charge >= 0.3 is 13.2 Å². The van der Waals surface area contributed by atoms with E-state index in [4.69, 9.17) is 14.0 Å². The molecule has 160 valence electrons. The summed E-state index contributed by atoms with van der Waals surface area (Å²) < 4.78 is 18.0. The summed E-state index contributed by atoms with van der Waals surface area (Å²) >= 11 is 0. The van der Waals surface area contributed by atoms with Crippen molar-refractivity contribution >= 4 is 18.7 Å². The van der Waals surface area contributed by atoms with Gasteiger partial charge in [-0.25, -0.2) is 4.79 Å². The van der Waals surface area contributed by atoms with E-state index in [0.29, 0.717) is 5.92 Å². The van der Waals surface area contributed by atoms with E-state index in [1.54, 1.807) is 0 Å². The fourth-order valence-corrected chi connectivity index (χ4v) is 3.92. The van der Waals surface area contributed by atoms with Crippen LogP contribution in [0.4, 0.5) is 4.79 Å². The monoisotopic (exact) mass is 401 g/mol. The van der Waals surface area contributed by atoms with Crippen molar-refractivity contribution in [1.29, 1.82) is 0 Å². The predicted molar refractivity (Wildman–Crippen MR) is 117 cm³/mol. The number of carbonyl (C=O) groups is 1. The Morgan fingerprint density at radius 2 is 1.62 bits per heavy atom. The lowest BCUT2D eigenvalue weighted by Crippen LogP contribution is -2.41. The summed E-state index contributed by atoms with van der Waals surface area (Å²) in [7, 11) is -0.347. The van der Waals surface area contributed by atoms with Crippen LogP contribution < -0.4 is 5.46 Å². The normalized spacial score (nSPS) is 22.1. The van der Waals surface area contributed by atoms with E-state index in [9.17, 15) is 4.79 Å². The Morgan fingerprint density at radius 3 is 2.14 bits per heavy atom. The van der Waals surface area contributed by atoms with Crippen LogP contribution >= 0.6 is 0 Å². The fraction of sp³-hybridized carbons (Fsp3) is 0.696. The maximum absolute atomic E-state index is 12.3. The molecule has 0 bridgehead atoms. The van der Waals surface area contributed by atoms with Crippen LogP contribution in [0, 0.1) is 6.92 Å². The summed E-state index contributed by atoms with van der Waals surface area (Å²) in [5, 5.41) is 0. The number of hydrogen-bond acceptors (Lipinski definition) is 4. The minimum absolute atomic E-state index is 0.210. The van der Waals surface area contributed by atoms with Gasteiger partial charge in [-0.3, -0.25) is 0 Å².